The summed E-state index contributed by atoms with van der Waals surface area (Å²) in [5, 5.41) is 7.95. The van der Waals surface area contributed by atoms with Gasteiger partial charge in [-0.25, -0.2) is 0 Å². The fourth-order valence-corrected chi connectivity index (χ4v) is 2.44. The van der Waals surface area contributed by atoms with E-state index in [-0.39, 0.29) is 11.8 Å². The lowest BCUT2D eigenvalue weighted by molar-refractivity contribution is -0.117. The number of anilines is 1. The third kappa shape index (κ3) is 3.22. The molecule has 20 heavy (non-hydrogen) atoms. The van der Waals surface area contributed by atoms with E-state index in [1.807, 2.05) is 30.5 Å². The summed E-state index contributed by atoms with van der Waals surface area (Å²) in [5.41, 5.74) is 1.10. The average molecular weight is 355 g/mol. The maximum atomic E-state index is 11.7. The van der Waals surface area contributed by atoms with Crippen LogP contribution in [0.4, 0.5) is 5.82 Å². The van der Waals surface area contributed by atoms with Crippen molar-refractivity contribution >= 4 is 39.3 Å². The van der Waals surface area contributed by atoms with Crippen LogP contribution >= 0.6 is 27.5 Å². The lowest BCUT2D eigenvalue weighted by Crippen LogP contribution is -2.14. The van der Waals surface area contributed by atoms with Crippen molar-refractivity contribution in [2.45, 2.75) is 19.4 Å². The molecular formula is C14H13BrClN3O. The third-order valence-electron chi connectivity index (χ3n) is 3.16. The number of benzene rings is 1. The molecule has 1 amide bonds. The number of nitrogens with zero attached hydrogens (tertiary/aromatic N) is 2. The van der Waals surface area contributed by atoms with Crippen LogP contribution in [-0.4, -0.2) is 15.7 Å². The Morgan fingerprint density at radius 3 is 2.75 bits per heavy atom. The number of carbonyl (C=O) groups is 1. The molecule has 0 radical (unpaired) electrons. The highest BCUT2D eigenvalue weighted by molar-refractivity contribution is 9.10. The van der Waals surface area contributed by atoms with Crippen LogP contribution in [0.3, 0.4) is 0 Å². The SMILES string of the molecule is O=C(Nc1nn(Cc2ccc(Cl)cc2)cc1Br)C1CC1. The molecule has 2 aromatic rings. The van der Waals surface area contributed by atoms with E-state index >= 15 is 0 Å². The van der Waals surface area contributed by atoms with Crippen molar-refractivity contribution in [2.75, 3.05) is 5.32 Å². The Labute approximate surface area is 130 Å². The van der Waals surface area contributed by atoms with Crippen molar-refractivity contribution in [2.24, 2.45) is 5.92 Å². The van der Waals surface area contributed by atoms with Crippen molar-refractivity contribution in [1.29, 1.82) is 0 Å². The minimum Gasteiger partial charge on any atom is -0.308 e. The van der Waals surface area contributed by atoms with Gasteiger partial charge in [0.15, 0.2) is 5.82 Å². The molecule has 0 atom stereocenters. The number of carbonyl (C=O) groups excluding carboxylic acids is 1. The monoisotopic (exact) mass is 353 g/mol. The summed E-state index contributed by atoms with van der Waals surface area (Å²) < 4.78 is 2.58. The van der Waals surface area contributed by atoms with Crippen LogP contribution < -0.4 is 5.32 Å². The molecule has 1 aromatic heterocycles. The van der Waals surface area contributed by atoms with Gasteiger partial charge in [-0.1, -0.05) is 23.7 Å². The van der Waals surface area contributed by atoms with Gasteiger partial charge in [0.25, 0.3) is 0 Å². The van der Waals surface area contributed by atoms with E-state index in [4.69, 9.17) is 11.6 Å². The second-order valence-corrected chi connectivity index (χ2v) is 6.20. The molecule has 1 aliphatic carbocycles. The highest BCUT2D eigenvalue weighted by Gasteiger charge is 2.30. The van der Waals surface area contributed by atoms with Crippen LogP contribution in [0.15, 0.2) is 34.9 Å². The lowest BCUT2D eigenvalue weighted by atomic mass is 10.2. The quantitative estimate of drug-likeness (QED) is 0.910. The molecule has 1 fully saturated rings. The van der Waals surface area contributed by atoms with Crippen LogP contribution in [0.2, 0.25) is 5.02 Å². The molecule has 1 aliphatic rings. The predicted molar refractivity (Wildman–Crippen MR) is 81.8 cm³/mol. The molecule has 1 aromatic carbocycles. The van der Waals surface area contributed by atoms with E-state index in [0.29, 0.717) is 17.4 Å². The second kappa shape index (κ2) is 5.58. The highest BCUT2D eigenvalue weighted by Crippen LogP contribution is 2.31. The highest BCUT2D eigenvalue weighted by atomic mass is 79.9. The van der Waals surface area contributed by atoms with Gasteiger partial charge in [0.05, 0.1) is 11.0 Å². The summed E-state index contributed by atoms with van der Waals surface area (Å²) in [6.07, 6.45) is 3.82. The smallest absolute Gasteiger partial charge is 0.228 e. The zero-order valence-corrected chi connectivity index (χ0v) is 13.0. The van der Waals surface area contributed by atoms with Gasteiger partial charge in [-0.2, -0.15) is 5.10 Å². The van der Waals surface area contributed by atoms with Gasteiger partial charge in [-0.3, -0.25) is 9.48 Å². The predicted octanol–water partition coefficient (Wildman–Crippen LogP) is 3.70. The molecule has 0 unspecified atom stereocenters. The number of rotatable bonds is 4. The van der Waals surface area contributed by atoms with E-state index in [1.165, 1.54) is 0 Å². The topological polar surface area (TPSA) is 46.9 Å². The van der Waals surface area contributed by atoms with Crippen LogP contribution in [0.1, 0.15) is 18.4 Å². The Morgan fingerprint density at radius 1 is 1.40 bits per heavy atom. The molecule has 1 N–H and O–H groups in total. The van der Waals surface area contributed by atoms with E-state index in [2.05, 4.69) is 26.3 Å². The molecule has 1 heterocycles. The number of hydrogen-bond acceptors (Lipinski definition) is 2. The molecule has 0 spiro atoms. The molecule has 4 nitrogen and oxygen atoms in total. The Bertz CT molecular complexity index is 634. The zero-order chi connectivity index (χ0) is 14.1. The maximum Gasteiger partial charge on any atom is 0.228 e. The van der Waals surface area contributed by atoms with Crippen LogP contribution in [0.5, 0.6) is 0 Å². The lowest BCUT2D eigenvalue weighted by Gasteiger charge is -2.02. The Balaban J connectivity index is 1.71. The molecule has 0 saturated heterocycles. The normalized spacial score (nSPS) is 14.3. The van der Waals surface area contributed by atoms with Crippen LogP contribution in [0.25, 0.3) is 0 Å². The Morgan fingerprint density at radius 2 is 2.10 bits per heavy atom. The number of amides is 1. The third-order valence-corrected chi connectivity index (χ3v) is 4.00. The van der Waals surface area contributed by atoms with Gasteiger partial charge < -0.3 is 5.32 Å². The molecular weight excluding hydrogens is 342 g/mol. The fraction of sp³-hybridized carbons (Fsp3) is 0.286. The van der Waals surface area contributed by atoms with Crippen LogP contribution in [-0.2, 0) is 11.3 Å². The standard InChI is InChI=1S/C14H13BrClN3O/c15-12-8-19(7-9-1-5-11(16)6-2-9)18-13(12)17-14(20)10-3-4-10/h1-2,5-6,8,10H,3-4,7H2,(H,17,18,20). The van der Waals surface area contributed by atoms with E-state index in [0.717, 1.165) is 22.9 Å². The first-order chi connectivity index (χ1) is 9.61. The molecule has 0 aliphatic heterocycles. The summed E-state index contributed by atoms with van der Waals surface area (Å²) in [5.74, 6) is 0.807. The summed E-state index contributed by atoms with van der Waals surface area (Å²) in [4.78, 5) is 11.7. The maximum absolute atomic E-state index is 11.7. The fourth-order valence-electron chi connectivity index (χ4n) is 1.90. The van der Waals surface area contributed by atoms with Gasteiger partial charge in [0.1, 0.15) is 0 Å². The van der Waals surface area contributed by atoms with Gasteiger partial charge in [-0.05, 0) is 46.5 Å². The number of halogens is 2. The largest absolute Gasteiger partial charge is 0.308 e. The van der Waals surface area contributed by atoms with Crippen molar-refractivity contribution in [3.8, 4) is 0 Å². The Kier molecular flexibility index (Phi) is 3.81. The van der Waals surface area contributed by atoms with E-state index in [1.54, 1.807) is 4.68 Å². The molecule has 104 valence electrons. The molecule has 0 bridgehead atoms. The first-order valence-corrected chi connectivity index (χ1v) is 7.57. The molecule has 3 rings (SSSR count). The van der Waals surface area contributed by atoms with Crippen molar-refractivity contribution in [3.05, 3.63) is 45.5 Å². The summed E-state index contributed by atoms with van der Waals surface area (Å²) in [6, 6.07) is 7.62. The molecule has 6 heteroatoms. The zero-order valence-electron chi connectivity index (χ0n) is 10.6. The van der Waals surface area contributed by atoms with E-state index < -0.39 is 0 Å². The number of nitrogens with one attached hydrogen (secondary N) is 1. The van der Waals surface area contributed by atoms with E-state index in [9.17, 15) is 4.79 Å². The van der Waals surface area contributed by atoms with Gasteiger partial charge >= 0.3 is 0 Å². The van der Waals surface area contributed by atoms with Gasteiger partial charge in [0.2, 0.25) is 5.91 Å². The summed E-state index contributed by atoms with van der Waals surface area (Å²) >= 11 is 9.28. The van der Waals surface area contributed by atoms with Gasteiger partial charge in [0, 0.05) is 17.1 Å². The summed E-state index contributed by atoms with van der Waals surface area (Å²) in [7, 11) is 0. The van der Waals surface area contributed by atoms with Crippen molar-refractivity contribution in [3.63, 3.8) is 0 Å². The second-order valence-electron chi connectivity index (χ2n) is 4.91. The van der Waals surface area contributed by atoms with Gasteiger partial charge in [-0.15, -0.1) is 0 Å². The average Bonchev–Trinajstić information content (AvgIpc) is 3.20. The van der Waals surface area contributed by atoms with Crippen molar-refractivity contribution in [1.82, 2.24) is 9.78 Å². The molecule has 1 saturated carbocycles. The van der Waals surface area contributed by atoms with Crippen LogP contribution in [0, 0.1) is 5.92 Å². The number of aromatic nitrogens is 2. The first kappa shape index (κ1) is 13.6. The van der Waals surface area contributed by atoms with Crippen molar-refractivity contribution < 1.29 is 4.79 Å². The minimum absolute atomic E-state index is 0.0578. The number of hydrogen-bond donors (Lipinski definition) is 1. The first-order valence-electron chi connectivity index (χ1n) is 6.40. The minimum atomic E-state index is 0.0578. The summed E-state index contributed by atoms with van der Waals surface area (Å²) in [6.45, 7) is 0.634. The Hall–Kier alpha value is -1.33.